The van der Waals surface area contributed by atoms with E-state index < -0.39 is 34.4 Å². The minimum absolute atomic E-state index is 0.0155. The Morgan fingerprint density at radius 2 is 1.89 bits per heavy atom. The van der Waals surface area contributed by atoms with E-state index >= 15 is 0 Å². The summed E-state index contributed by atoms with van der Waals surface area (Å²) < 4.78 is 61.3. The van der Waals surface area contributed by atoms with Crippen LogP contribution in [0.25, 0.3) is 0 Å². The zero-order valence-electron chi connectivity index (χ0n) is 16.2. The fourth-order valence-corrected chi connectivity index (χ4v) is 4.63. The van der Waals surface area contributed by atoms with Crippen molar-refractivity contribution < 1.29 is 31.5 Å². The number of ether oxygens (including phenoxy) is 2. The van der Waals surface area contributed by atoms with Gasteiger partial charge in [-0.05, 0) is 57.9 Å². The van der Waals surface area contributed by atoms with Crippen molar-refractivity contribution in [1.29, 1.82) is 0 Å². The van der Waals surface area contributed by atoms with Gasteiger partial charge in [-0.25, -0.2) is 13.2 Å². The summed E-state index contributed by atoms with van der Waals surface area (Å²) in [6.07, 6.45) is 1.54. The molecule has 0 spiro atoms. The number of nitrogens with zero attached hydrogens (tertiary/aromatic N) is 1. The molecule has 0 radical (unpaired) electrons. The molecule has 0 saturated carbocycles. The van der Waals surface area contributed by atoms with Gasteiger partial charge >= 0.3 is 12.7 Å². The topological polar surface area (TPSA) is 84.9 Å². The van der Waals surface area contributed by atoms with Crippen LogP contribution in [-0.2, 0) is 14.8 Å². The Morgan fingerprint density at radius 3 is 2.46 bits per heavy atom. The van der Waals surface area contributed by atoms with Crippen molar-refractivity contribution >= 4 is 16.1 Å². The van der Waals surface area contributed by atoms with E-state index in [1.807, 2.05) is 0 Å². The Hall–Kier alpha value is -1.94. The number of alkyl carbamates (subject to hydrolysis) is 1. The third-order valence-corrected chi connectivity index (χ3v) is 6.08. The second-order valence-corrected chi connectivity index (χ2v) is 9.39. The van der Waals surface area contributed by atoms with Crippen LogP contribution >= 0.6 is 0 Å². The van der Waals surface area contributed by atoms with Crippen LogP contribution in [0.5, 0.6) is 5.75 Å². The van der Waals surface area contributed by atoms with Crippen LogP contribution in [0.2, 0.25) is 0 Å². The van der Waals surface area contributed by atoms with E-state index in [-0.39, 0.29) is 17.2 Å². The van der Waals surface area contributed by atoms with E-state index in [1.165, 1.54) is 28.6 Å². The fourth-order valence-electron chi connectivity index (χ4n) is 2.94. The highest BCUT2D eigenvalue weighted by Gasteiger charge is 2.34. The van der Waals surface area contributed by atoms with Gasteiger partial charge in [0.1, 0.15) is 11.4 Å². The van der Waals surface area contributed by atoms with Crippen molar-refractivity contribution in [3.63, 3.8) is 0 Å². The molecule has 0 aliphatic carbocycles. The second kappa shape index (κ2) is 9.04. The van der Waals surface area contributed by atoms with Crippen molar-refractivity contribution in [2.75, 3.05) is 13.1 Å². The lowest BCUT2D eigenvalue weighted by molar-refractivity contribution is -0.0498. The molecule has 1 aromatic rings. The predicted octanol–water partition coefficient (Wildman–Crippen LogP) is 3.36. The van der Waals surface area contributed by atoms with Gasteiger partial charge < -0.3 is 14.8 Å². The van der Waals surface area contributed by atoms with Gasteiger partial charge in [-0.2, -0.15) is 13.1 Å². The van der Waals surface area contributed by atoms with Crippen LogP contribution < -0.4 is 10.1 Å². The lowest BCUT2D eigenvalue weighted by Gasteiger charge is -2.35. The summed E-state index contributed by atoms with van der Waals surface area (Å²) in [5.41, 5.74) is -0.648. The van der Waals surface area contributed by atoms with Gasteiger partial charge in [-0.3, -0.25) is 0 Å². The highest BCUT2D eigenvalue weighted by atomic mass is 32.2. The molecule has 0 bridgehead atoms. The van der Waals surface area contributed by atoms with Gasteiger partial charge in [0.25, 0.3) is 0 Å². The van der Waals surface area contributed by atoms with Crippen LogP contribution in [0, 0.1) is 0 Å². The van der Waals surface area contributed by atoms with Crippen molar-refractivity contribution in [2.24, 2.45) is 0 Å². The van der Waals surface area contributed by atoms with Crippen LogP contribution in [0.4, 0.5) is 13.6 Å². The molecule has 1 unspecified atom stereocenters. The SMILES string of the molecule is CC(C)(C)OC(=O)NCC1CCCCN1S(=O)(=O)c1ccc(OC(F)F)cc1. The summed E-state index contributed by atoms with van der Waals surface area (Å²) in [7, 11) is -3.84. The average Bonchev–Trinajstić information content (AvgIpc) is 2.58. The highest BCUT2D eigenvalue weighted by molar-refractivity contribution is 7.89. The molecule has 28 heavy (non-hydrogen) atoms. The number of nitrogens with one attached hydrogen (secondary N) is 1. The minimum atomic E-state index is -3.84. The van der Waals surface area contributed by atoms with Crippen LogP contribution in [-0.4, -0.2) is 50.2 Å². The molecule has 1 saturated heterocycles. The zero-order chi connectivity index (χ0) is 20.9. The monoisotopic (exact) mass is 420 g/mol. The number of hydrogen-bond acceptors (Lipinski definition) is 5. The number of sulfonamides is 1. The molecular weight excluding hydrogens is 394 g/mol. The normalized spacial score (nSPS) is 18.7. The summed E-state index contributed by atoms with van der Waals surface area (Å²) in [4.78, 5) is 11.9. The Labute approximate surface area is 164 Å². The van der Waals surface area contributed by atoms with Crippen molar-refractivity contribution in [1.82, 2.24) is 9.62 Å². The molecule has 7 nitrogen and oxygen atoms in total. The van der Waals surface area contributed by atoms with E-state index in [1.54, 1.807) is 20.8 Å². The van der Waals surface area contributed by atoms with Gasteiger partial charge in [-0.1, -0.05) is 6.42 Å². The lowest BCUT2D eigenvalue weighted by atomic mass is 10.1. The maximum absolute atomic E-state index is 13.0. The third kappa shape index (κ3) is 6.30. The van der Waals surface area contributed by atoms with E-state index in [9.17, 15) is 22.0 Å². The summed E-state index contributed by atoms with van der Waals surface area (Å²) in [6, 6.07) is 4.44. The molecule has 0 aromatic heterocycles. The molecule has 1 fully saturated rings. The molecule has 1 heterocycles. The molecule has 1 aromatic carbocycles. The van der Waals surface area contributed by atoms with Crippen LogP contribution in [0.1, 0.15) is 40.0 Å². The quantitative estimate of drug-likeness (QED) is 0.763. The van der Waals surface area contributed by atoms with Crippen molar-refractivity contribution in [2.45, 2.75) is 63.2 Å². The molecule has 1 aliphatic rings. The number of carbonyl (C=O) groups excluding carboxylic acids is 1. The number of halogens is 2. The first kappa shape index (κ1) is 22.4. The summed E-state index contributed by atoms with van der Waals surface area (Å²) in [6.45, 7) is 2.69. The number of benzene rings is 1. The maximum atomic E-state index is 13.0. The van der Waals surface area contributed by atoms with E-state index in [0.717, 1.165) is 6.42 Å². The Morgan fingerprint density at radius 1 is 1.25 bits per heavy atom. The number of amides is 1. The van der Waals surface area contributed by atoms with Crippen LogP contribution in [0.3, 0.4) is 0 Å². The van der Waals surface area contributed by atoms with E-state index in [0.29, 0.717) is 19.4 Å². The van der Waals surface area contributed by atoms with E-state index in [4.69, 9.17) is 4.74 Å². The summed E-state index contributed by atoms with van der Waals surface area (Å²) in [5.74, 6) is -0.115. The fraction of sp³-hybridized carbons (Fsp3) is 0.611. The highest BCUT2D eigenvalue weighted by Crippen LogP contribution is 2.26. The number of rotatable bonds is 6. The molecule has 158 valence electrons. The molecule has 2 rings (SSSR count). The van der Waals surface area contributed by atoms with Crippen LogP contribution in [0.15, 0.2) is 29.2 Å². The largest absolute Gasteiger partial charge is 0.444 e. The number of alkyl halides is 2. The number of carbonyl (C=O) groups is 1. The third-order valence-electron chi connectivity index (χ3n) is 4.11. The van der Waals surface area contributed by atoms with Crippen molar-refractivity contribution in [3.8, 4) is 5.75 Å². The molecule has 1 N–H and O–H groups in total. The molecule has 1 aliphatic heterocycles. The molecule has 1 atom stereocenters. The number of piperidine rings is 1. The first-order chi connectivity index (χ1) is 13.0. The van der Waals surface area contributed by atoms with Gasteiger partial charge in [0.05, 0.1) is 4.90 Å². The summed E-state index contributed by atoms with van der Waals surface area (Å²) >= 11 is 0. The average molecular weight is 420 g/mol. The predicted molar refractivity (Wildman–Crippen MR) is 98.8 cm³/mol. The Balaban J connectivity index is 2.09. The Kier molecular flexibility index (Phi) is 7.22. The molecule has 10 heteroatoms. The number of hydrogen-bond donors (Lipinski definition) is 1. The Bertz CT molecular complexity index is 763. The van der Waals surface area contributed by atoms with Gasteiger partial charge in [-0.15, -0.1) is 0 Å². The smallest absolute Gasteiger partial charge is 0.407 e. The first-order valence-corrected chi connectivity index (χ1v) is 10.5. The maximum Gasteiger partial charge on any atom is 0.407 e. The van der Waals surface area contributed by atoms with E-state index in [2.05, 4.69) is 10.1 Å². The first-order valence-electron chi connectivity index (χ1n) is 9.02. The van der Waals surface area contributed by atoms with Gasteiger partial charge in [0.2, 0.25) is 10.0 Å². The van der Waals surface area contributed by atoms with Gasteiger partial charge in [0.15, 0.2) is 0 Å². The molecular formula is C18H26F2N2O5S. The lowest BCUT2D eigenvalue weighted by Crippen LogP contribution is -2.49. The summed E-state index contributed by atoms with van der Waals surface area (Å²) in [5, 5.41) is 2.62. The minimum Gasteiger partial charge on any atom is -0.444 e. The second-order valence-electron chi connectivity index (χ2n) is 7.50. The standard InChI is InChI=1S/C18H26F2N2O5S/c1-18(2,3)27-17(23)21-12-13-6-4-5-11-22(13)28(24,25)15-9-7-14(8-10-15)26-16(19)20/h7-10,13,16H,4-6,11-12H2,1-3H3,(H,21,23). The van der Waals surface area contributed by atoms with Crippen molar-refractivity contribution in [3.05, 3.63) is 24.3 Å². The van der Waals surface area contributed by atoms with Gasteiger partial charge in [0, 0.05) is 19.1 Å². The molecule has 1 amide bonds. The zero-order valence-corrected chi connectivity index (χ0v) is 17.0.